The number of hydrogen-bond donors (Lipinski definition) is 2. The van der Waals surface area contributed by atoms with Crippen LogP contribution in [0.3, 0.4) is 0 Å². The standard InChI is InChI=1S/C12H15F2NO4S/c1-7(2)10(12(16)17)15-20(18,19)9-5-3-8(4-6-9)11(13)14/h3-7,10-11,15H,1-2H3,(H,16,17)/t10-/m1/s1. The lowest BCUT2D eigenvalue weighted by Gasteiger charge is -2.18. The maximum Gasteiger partial charge on any atom is 0.322 e. The van der Waals surface area contributed by atoms with E-state index in [4.69, 9.17) is 5.11 Å². The Morgan fingerprint density at radius 3 is 2.05 bits per heavy atom. The fraction of sp³-hybridized carbons (Fsp3) is 0.417. The van der Waals surface area contributed by atoms with Crippen molar-refractivity contribution < 1.29 is 27.1 Å². The second kappa shape index (κ2) is 6.27. The first-order valence-corrected chi connectivity index (χ1v) is 7.26. The predicted octanol–water partition coefficient (Wildman–Crippen LogP) is 2.01. The average molecular weight is 307 g/mol. The topological polar surface area (TPSA) is 83.5 Å². The number of sulfonamides is 1. The number of hydrogen-bond acceptors (Lipinski definition) is 3. The van der Waals surface area contributed by atoms with Gasteiger partial charge in [-0.1, -0.05) is 26.0 Å². The Bertz CT molecular complexity index is 570. The lowest BCUT2D eigenvalue weighted by molar-refractivity contribution is -0.140. The van der Waals surface area contributed by atoms with Gasteiger partial charge in [0.1, 0.15) is 6.04 Å². The molecule has 0 heterocycles. The molecular formula is C12H15F2NO4S. The Morgan fingerprint density at radius 2 is 1.70 bits per heavy atom. The molecule has 0 amide bonds. The fourth-order valence-corrected chi connectivity index (χ4v) is 2.84. The molecule has 1 aromatic carbocycles. The predicted molar refractivity (Wildman–Crippen MR) is 68.0 cm³/mol. The average Bonchev–Trinajstić information content (AvgIpc) is 2.35. The third kappa shape index (κ3) is 3.97. The van der Waals surface area contributed by atoms with E-state index in [-0.39, 0.29) is 10.5 Å². The summed E-state index contributed by atoms with van der Waals surface area (Å²) >= 11 is 0. The molecule has 0 radical (unpaired) electrons. The smallest absolute Gasteiger partial charge is 0.322 e. The van der Waals surface area contributed by atoms with Crippen molar-refractivity contribution in [2.45, 2.75) is 31.2 Å². The molecule has 0 aliphatic rings. The van der Waals surface area contributed by atoms with E-state index in [1.807, 2.05) is 4.72 Å². The molecule has 1 aromatic rings. The van der Waals surface area contributed by atoms with Crippen molar-refractivity contribution in [1.29, 1.82) is 0 Å². The lowest BCUT2D eigenvalue weighted by Crippen LogP contribution is -2.44. The molecule has 20 heavy (non-hydrogen) atoms. The molecule has 0 aliphatic carbocycles. The molecule has 5 nitrogen and oxygen atoms in total. The zero-order valence-corrected chi connectivity index (χ0v) is 11.7. The summed E-state index contributed by atoms with van der Waals surface area (Å²) in [5, 5.41) is 8.94. The van der Waals surface area contributed by atoms with Crippen molar-refractivity contribution in [3.8, 4) is 0 Å². The summed E-state index contributed by atoms with van der Waals surface area (Å²) in [4.78, 5) is 10.7. The SMILES string of the molecule is CC(C)[C@@H](NS(=O)(=O)c1ccc(C(F)F)cc1)C(=O)O. The van der Waals surface area contributed by atoms with Crippen LogP contribution in [0.2, 0.25) is 0 Å². The molecule has 2 N–H and O–H groups in total. The number of alkyl halides is 2. The van der Waals surface area contributed by atoms with Gasteiger partial charge in [-0.3, -0.25) is 4.79 Å². The largest absolute Gasteiger partial charge is 0.480 e. The second-order valence-electron chi connectivity index (χ2n) is 4.55. The first-order chi connectivity index (χ1) is 9.15. The Labute approximate surface area is 115 Å². The van der Waals surface area contributed by atoms with E-state index in [0.717, 1.165) is 24.3 Å². The van der Waals surface area contributed by atoms with E-state index >= 15 is 0 Å². The molecular weight excluding hydrogens is 292 g/mol. The molecule has 0 aromatic heterocycles. The van der Waals surface area contributed by atoms with Crippen molar-refractivity contribution in [3.63, 3.8) is 0 Å². The summed E-state index contributed by atoms with van der Waals surface area (Å²) in [6.45, 7) is 3.11. The third-order valence-electron chi connectivity index (χ3n) is 2.66. The zero-order valence-electron chi connectivity index (χ0n) is 10.9. The van der Waals surface area contributed by atoms with Gasteiger partial charge < -0.3 is 5.11 Å². The van der Waals surface area contributed by atoms with Gasteiger partial charge in [0.15, 0.2) is 0 Å². The number of nitrogens with one attached hydrogen (secondary N) is 1. The first-order valence-electron chi connectivity index (χ1n) is 5.78. The minimum absolute atomic E-state index is 0.256. The summed E-state index contributed by atoms with van der Waals surface area (Å²) in [5.74, 6) is -1.75. The minimum atomic E-state index is -4.07. The number of rotatable bonds is 6. The van der Waals surface area contributed by atoms with Crippen LogP contribution in [0.1, 0.15) is 25.8 Å². The molecule has 0 saturated carbocycles. The summed E-state index contributed by atoms with van der Waals surface area (Å²) in [6.07, 6.45) is -2.69. The van der Waals surface area contributed by atoms with E-state index in [0.29, 0.717) is 0 Å². The van der Waals surface area contributed by atoms with Crippen LogP contribution in [0, 0.1) is 5.92 Å². The second-order valence-corrected chi connectivity index (χ2v) is 6.26. The van der Waals surface area contributed by atoms with Crippen molar-refractivity contribution in [3.05, 3.63) is 29.8 Å². The number of benzene rings is 1. The van der Waals surface area contributed by atoms with Gasteiger partial charge in [0.2, 0.25) is 10.0 Å². The Morgan fingerprint density at radius 1 is 1.20 bits per heavy atom. The van der Waals surface area contributed by atoms with Gasteiger partial charge in [0.25, 0.3) is 6.43 Å². The number of carbonyl (C=O) groups is 1. The fourth-order valence-electron chi connectivity index (χ4n) is 1.50. The van der Waals surface area contributed by atoms with E-state index in [1.54, 1.807) is 13.8 Å². The van der Waals surface area contributed by atoms with Gasteiger partial charge in [0, 0.05) is 5.56 Å². The van der Waals surface area contributed by atoms with E-state index in [9.17, 15) is 22.0 Å². The van der Waals surface area contributed by atoms with Crippen molar-refractivity contribution in [2.24, 2.45) is 5.92 Å². The van der Waals surface area contributed by atoms with Crippen molar-refractivity contribution >= 4 is 16.0 Å². The van der Waals surface area contributed by atoms with Crippen LogP contribution < -0.4 is 4.72 Å². The van der Waals surface area contributed by atoms with Crippen molar-refractivity contribution in [2.75, 3.05) is 0 Å². The van der Waals surface area contributed by atoms with Crippen LogP contribution in [0.15, 0.2) is 29.2 Å². The molecule has 8 heteroatoms. The molecule has 0 fully saturated rings. The third-order valence-corrected chi connectivity index (χ3v) is 4.11. The first kappa shape index (κ1) is 16.5. The molecule has 0 unspecified atom stereocenters. The van der Waals surface area contributed by atoms with Gasteiger partial charge in [-0.15, -0.1) is 0 Å². The van der Waals surface area contributed by atoms with E-state index < -0.39 is 34.4 Å². The van der Waals surface area contributed by atoms with Gasteiger partial charge in [-0.25, -0.2) is 17.2 Å². The van der Waals surface area contributed by atoms with Gasteiger partial charge in [-0.2, -0.15) is 4.72 Å². The molecule has 112 valence electrons. The Hall–Kier alpha value is -1.54. The summed E-state index contributed by atoms with van der Waals surface area (Å²) in [5.41, 5.74) is -0.303. The van der Waals surface area contributed by atoms with Crippen LogP contribution in [0.5, 0.6) is 0 Å². The maximum absolute atomic E-state index is 12.4. The number of aliphatic carboxylic acids is 1. The van der Waals surface area contributed by atoms with Crippen LogP contribution in [-0.4, -0.2) is 25.5 Å². The number of halogens is 2. The van der Waals surface area contributed by atoms with E-state index in [2.05, 4.69) is 0 Å². The molecule has 1 rings (SSSR count). The highest BCUT2D eigenvalue weighted by molar-refractivity contribution is 7.89. The lowest BCUT2D eigenvalue weighted by atomic mass is 10.1. The minimum Gasteiger partial charge on any atom is -0.480 e. The summed E-state index contributed by atoms with van der Waals surface area (Å²) in [6, 6.07) is 2.73. The molecule has 1 atom stereocenters. The van der Waals surface area contributed by atoms with Crippen LogP contribution in [0.4, 0.5) is 8.78 Å². The summed E-state index contributed by atoms with van der Waals surface area (Å²) in [7, 11) is -4.07. The van der Waals surface area contributed by atoms with Crippen molar-refractivity contribution in [1.82, 2.24) is 4.72 Å². The zero-order chi connectivity index (χ0) is 15.5. The van der Waals surface area contributed by atoms with E-state index in [1.165, 1.54) is 0 Å². The number of carboxylic acids is 1. The molecule has 0 spiro atoms. The number of carboxylic acid groups (broad SMARTS) is 1. The Kier molecular flexibility index (Phi) is 5.18. The molecule has 0 aliphatic heterocycles. The molecule has 0 saturated heterocycles. The highest BCUT2D eigenvalue weighted by Crippen LogP contribution is 2.20. The highest BCUT2D eigenvalue weighted by atomic mass is 32.2. The van der Waals surface area contributed by atoms with Crippen LogP contribution in [-0.2, 0) is 14.8 Å². The maximum atomic E-state index is 12.4. The van der Waals surface area contributed by atoms with Gasteiger partial charge in [0.05, 0.1) is 4.90 Å². The highest BCUT2D eigenvalue weighted by Gasteiger charge is 2.28. The monoisotopic (exact) mass is 307 g/mol. The quantitative estimate of drug-likeness (QED) is 0.842. The van der Waals surface area contributed by atoms with Gasteiger partial charge >= 0.3 is 5.97 Å². The normalized spacial score (nSPS) is 13.7. The van der Waals surface area contributed by atoms with Crippen LogP contribution >= 0.6 is 0 Å². The Balaban J connectivity index is 3.01. The summed E-state index contributed by atoms with van der Waals surface area (Å²) < 4.78 is 50.7. The molecule has 0 bridgehead atoms. The van der Waals surface area contributed by atoms with Crippen LogP contribution in [0.25, 0.3) is 0 Å². The van der Waals surface area contributed by atoms with Gasteiger partial charge in [-0.05, 0) is 18.1 Å².